The molecule has 1 aromatic rings. The molecule has 1 aliphatic rings. The third-order valence-electron chi connectivity index (χ3n) is 2.86. The number of rotatable bonds is 3. The maximum Gasteiger partial charge on any atom is 0.120 e. The van der Waals surface area contributed by atoms with Crippen LogP contribution in [0.3, 0.4) is 0 Å². The van der Waals surface area contributed by atoms with Crippen molar-refractivity contribution in [3.8, 4) is 5.75 Å². The number of piperidine rings is 1. The highest BCUT2D eigenvalue weighted by Crippen LogP contribution is 2.17. The highest BCUT2D eigenvalue weighted by Gasteiger charge is 2.13. The minimum absolute atomic E-state index is 0.353. The van der Waals surface area contributed by atoms with E-state index in [0.29, 0.717) is 6.10 Å². The third kappa shape index (κ3) is 2.96. The van der Waals surface area contributed by atoms with Crippen LogP contribution < -0.4 is 10.1 Å². The number of ether oxygens (including phenoxy) is 1. The molecule has 1 aliphatic heterocycles. The Labute approximate surface area is 91.6 Å². The average molecular weight is 205 g/mol. The first kappa shape index (κ1) is 10.5. The molecule has 0 spiro atoms. The monoisotopic (exact) mass is 205 g/mol. The summed E-state index contributed by atoms with van der Waals surface area (Å²) >= 11 is 0. The van der Waals surface area contributed by atoms with Crippen LogP contribution in [0.1, 0.15) is 25.3 Å². The molecule has 2 nitrogen and oxygen atoms in total. The summed E-state index contributed by atoms with van der Waals surface area (Å²) in [6.07, 6.45) is 3.81. The van der Waals surface area contributed by atoms with Gasteiger partial charge in [-0.25, -0.2) is 0 Å². The van der Waals surface area contributed by atoms with Crippen molar-refractivity contribution in [1.29, 1.82) is 0 Å². The molecule has 0 amide bonds. The summed E-state index contributed by atoms with van der Waals surface area (Å²) in [4.78, 5) is 0. The SMILES string of the molecule is CCc1cccc(OC2CCCNC2)c1. The van der Waals surface area contributed by atoms with E-state index in [4.69, 9.17) is 4.74 Å². The lowest BCUT2D eigenvalue weighted by atomic mass is 10.1. The molecule has 0 aromatic heterocycles. The van der Waals surface area contributed by atoms with Crippen molar-refractivity contribution >= 4 is 0 Å². The standard InChI is InChI=1S/C13H19NO/c1-2-11-5-3-6-12(9-11)15-13-7-4-8-14-10-13/h3,5-6,9,13-14H,2,4,7-8,10H2,1H3. The maximum absolute atomic E-state index is 5.94. The van der Waals surface area contributed by atoms with Gasteiger partial charge in [0.1, 0.15) is 11.9 Å². The fourth-order valence-corrected chi connectivity index (χ4v) is 1.95. The quantitative estimate of drug-likeness (QED) is 0.818. The zero-order valence-electron chi connectivity index (χ0n) is 9.33. The first-order valence-corrected chi connectivity index (χ1v) is 5.85. The number of hydrogen-bond acceptors (Lipinski definition) is 2. The topological polar surface area (TPSA) is 21.3 Å². The molecular formula is C13H19NO. The number of benzene rings is 1. The molecule has 0 radical (unpaired) electrons. The summed E-state index contributed by atoms with van der Waals surface area (Å²) < 4.78 is 5.94. The van der Waals surface area contributed by atoms with Crippen LogP contribution in [0.2, 0.25) is 0 Å². The number of hydrogen-bond donors (Lipinski definition) is 1. The Bertz CT molecular complexity index is 305. The van der Waals surface area contributed by atoms with Crippen LogP contribution in [0.25, 0.3) is 0 Å². The van der Waals surface area contributed by atoms with Crippen LogP contribution in [0, 0.1) is 0 Å². The largest absolute Gasteiger partial charge is 0.489 e. The highest BCUT2D eigenvalue weighted by atomic mass is 16.5. The Morgan fingerprint density at radius 3 is 3.13 bits per heavy atom. The molecule has 2 rings (SSSR count). The molecule has 1 aromatic carbocycles. The molecule has 82 valence electrons. The van der Waals surface area contributed by atoms with Crippen LogP contribution >= 0.6 is 0 Å². The van der Waals surface area contributed by atoms with Gasteiger partial charge in [0.2, 0.25) is 0 Å². The zero-order valence-corrected chi connectivity index (χ0v) is 9.33. The van der Waals surface area contributed by atoms with E-state index in [2.05, 4.69) is 30.4 Å². The van der Waals surface area contributed by atoms with Gasteiger partial charge in [0.05, 0.1) is 0 Å². The van der Waals surface area contributed by atoms with E-state index in [-0.39, 0.29) is 0 Å². The second kappa shape index (κ2) is 5.17. The van der Waals surface area contributed by atoms with E-state index in [1.165, 1.54) is 18.4 Å². The van der Waals surface area contributed by atoms with Crippen LogP contribution in [-0.4, -0.2) is 19.2 Å². The lowest BCUT2D eigenvalue weighted by Gasteiger charge is -2.24. The fourth-order valence-electron chi connectivity index (χ4n) is 1.95. The van der Waals surface area contributed by atoms with E-state index in [9.17, 15) is 0 Å². The van der Waals surface area contributed by atoms with Crippen LogP contribution in [-0.2, 0) is 6.42 Å². The minimum atomic E-state index is 0.353. The van der Waals surface area contributed by atoms with Crippen molar-refractivity contribution in [3.05, 3.63) is 29.8 Å². The van der Waals surface area contributed by atoms with Gasteiger partial charge in [-0.2, -0.15) is 0 Å². The van der Waals surface area contributed by atoms with Crippen molar-refractivity contribution in [2.75, 3.05) is 13.1 Å². The van der Waals surface area contributed by atoms with Crippen molar-refractivity contribution < 1.29 is 4.74 Å². The molecule has 1 fully saturated rings. The minimum Gasteiger partial charge on any atom is -0.489 e. The highest BCUT2D eigenvalue weighted by molar-refractivity contribution is 5.28. The summed E-state index contributed by atoms with van der Waals surface area (Å²) in [5.41, 5.74) is 1.34. The number of aryl methyl sites for hydroxylation is 1. The summed E-state index contributed by atoms with van der Waals surface area (Å²) in [6.45, 7) is 4.28. The molecule has 0 aliphatic carbocycles. The fraction of sp³-hybridized carbons (Fsp3) is 0.538. The molecular weight excluding hydrogens is 186 g/mol. The molecule has 0 bridgehead atoms. The van der Waals surface area contributed by atoms with Gasteiger partial charge < -0.3 is 10.1 Å². The molecule has 1 saturated heterocycles. The Morgan fingerprint density at radius 1 is 1.47 bits per heavy atom. The summed E-state index contributed by atoms with van der Waals surface area (Å²) in [5.74, 6) is 1.02. The molecule has 15 heavy (non-hydrogen) atoms. The van der Waals surface area contributed by atoms with Gasteiger partial charge in [-0.3, -0.25) is 0 Å². The van der Waals surface area contributed by atoms with E-state index in [0.717, 1.165) is 25.3 Å². The van der Waals surface area contributed by atoms with Gasteiger partial charge in [-0.1, -0.05) is 19.1 Å². The molecule has 1 N–H and O–H groups in total. The van der Waals surface area contributed by atoms with Crippen molar-refractivity contribution in [2.45, 2.75) is 32.3 Å². The Kier molecular flexibility index (Phi) is 3.62. The van der Waals surface area contributed by atoms with E-state index in [1.54, 1.807) is 0 Å². The summed E-state index contributed by atoms with van der Waals surface area (Å²) in [7, 11) is 0. The lowest BCUT2D eigenvalue weighted by molar-refractivity contribution is 0.167. The van der Waals surface area contributed by atoms with Crippen LogP contribution in [0.5, 0.6) is 5.75 Å². The third-order valence-corrected chi connectivity index (χ3v) is 2.86. The van der Waals surface area contributed by atoms with Gasteiger partial charge in [-0.05, 0) is 43.5 Å². The van der Waals surface area contributed by atoms with Crippen LogP contribution in [0.4, 0.5) is 0 Å². The maximum atomic E-state index is 5.94. The van der Waals surface area contributed by atoms with Crippen LogP contribution in [0.15, 0.2) is 24.3 Å². The first-order chi connectivity index (χ1) is 7.38. The smallest absolute Gasteiger partial charge is 0.120 e. The molecule has 1 unspecified atom stereocenters. The van der Waals surface area contributed by atoms with Gasteiger partial charge in [0.25, 0.3) is 0 Å². The van der Waals surface area contributed by atoms with E-state index < -0.39 is 0 Å². The predicted octanol–water partition coefficient (Wildman–Crippen LogP) is 2.38. The second-order valence-corrected chi connectivity index (χ2v) is 4.09. The van der Waals surface area contributed by atoms with Gasteiger partial charge in [0, 0.05) is 6.54 Å². The summed E-state index contributed by atoms with van der Waals surface area (Å²) in [5, 5.41) is 3.36. The van der Waals surface area contributed by atoms with Gasteiger partial charge >= 0.3 is 0 Å². The Hall–Kier alpha value is -1.02. The molecule has 1 atom stereocenters. The van der Waals surface area contributed by atoms with Gasteiger partial charge in [-0.15, -0.1) is 0 Å². The van der Waals surface area contributed by atoms with Crippen molar-refractivity contribution in [2.24, 2.45) is 0 Å². The zero-order chi connectivity index (χ0) is 10.5. The lowest BCUT2D eigenvalue weighted by Crippen LogP contribution is -2.37. The van der Waals surface area contributed by atoms with Gasteiger partial charge in [0.15, 0.2) is 0 Å². The Morgan fingerprint density at radius 2 is 2.40 bits per heavy atom. The predicted molar refractivity (Wildman–Crippen MR) is 62.3 cm³/mol. The first-order valence-electron chi connectivity index (χ1n) is 5.85. The van der Waals surface area contributed by atoms with Crippen molar-refractivity contribution in [1.82, 2.24) is 5.32 Å². The normalized spacial score (nSPS) is 21.3. The second-order valence-electron chi connectivity index (χ2n) is 4.09. The van der Waals surface area contributed by atoms with E-state index in [1.807, 2.05) is 6.07 Å². The van der Waals surface area contributed by atoms with E-state index >= 15 is 0 Å². The molecule has 0 saturated carbocycles. The summed E-state index contributed by atoms with van der Waals surface area (Å²) in [6, 6.07) is 8.42. The Balaban J connectivity index is 1.96. The average Bonchev–Trinajstić information content (AvgIpc) is 2.31. The molecule has 1 heterocycles. The van der Waals surface area contributed by atoms with Crippen molar-refractivity contribution in [3.63, 3.8) is 0 Å². The molecule has 2 heteroatoms. The number of nitrogens with one attached hydrogen (secondary N) is 1.